The number of rotatable bonds is 6. The van der Waals surface area contributed by atoms with Crippen LogP contribution in [-0.2, 0) is 9.47 Å². The highest BCUT2D eigenvalue weighted by Crippen LogP contribution is 2.21. The molecule has 0 aromatic heterocycles. The Balaban J connectivity index is 2.68. The summed E-state index contributed by atoms with van der Waals surface area (Å²) in [5.74, 6) is 0.0397. The number of carbonyl (C=O) groups is 1. The lowest BCUT2D eigenvalue weighted by Crippen LogP contribution is -2.60. The van der Waals surface area contributed by atoms with Crippen LogP contribution >= 0.6 is 11.6 Å². The number of halogens is 1. The summed E-state index contributed by atoms with van der Waals surface area (Å²) in [4.78, 5) is 22.3. The molecule has 4 atom stereocenters. The van der Waals surface area contributed by atoms with Gasteiger partial charge in [0.1, 0.15) is 6.10 Å². The predicted octanol–water partition coefficient (Wildman–Crippen LogP) is -0.599. The van der Waals surface area contributed by atoms with Gasteiger partial charge in [-0.1, -0.05) is 0 Å². The zero-order chi connectivity index (χ0) is 15.1. The van der Waals surface area contributed by atoms with Gasteiger partial charge in [-0.05, 0) is 0 Å². The highest BCUT2D eigenvalue weighted by atomic mass is 35.5. The first-order chi connectivity index (χ1) is 9.57. The molecule has 0 spiro atoms. The van der Waals surface area contributed by atoms with Gasteiger partial charge in [-0.3, -0.25) is 0 Å². The SMILES string of the molecule is CO[C@@H]1C[C@@H](O)[C@H](NC(=O)N(CCCl)N=O)[C@@H](CO)O1. The molecule has 1 aliphatic heterocycles. The van der Waals surface area contributed by atoms with Gasteiger partial charge in [0.2, 0.25) is 0 Å². The van der Waals surface area contributed by atoms with Gasteiger partial charge >= 0.3 is 6.03 Å². The molecule has 0 saturated carbocycles. The zero-order valence-electron chi connectivity index (χ0n) is 10.9. The van der Waals surface area contributed by atoms with Gasteiger partial charge < -0.3 is 25.0 Å². The van der Waals surface area contributed by atoms with E-state index in [1.165, 1.54) is 7.11 Å². The lowest BCUT2D eigenvalue weighted by molar-refractivity contribution is -0.220. The lowest BCUT2D eigenvalue weighted by Gasteiger charge is -2.38. The number of nitroso groups, excluding NO2 is 1. The van der Waals surface area contributed by atoms with E-state index >= 15 is 0 Å². The predicted molar refractivity (Wildman–Crippen MR) is 68.9 cm³/mol. The van der Waals surface area contributed by atoms with E-state index in [0.717, 1.165) is 0 Å². The minimum atomic E-state index is -0.987. The quantitative estimate of drug-likeness (QED) is 0.342. The zero-order valence-corrected chi connectivity index (χ0v) is 11.7. The molecule has 1 aliphatic rings. The Kier molecular flexibility index (Phi) is 7.10. The summed E-state index contributed by atoms with van der Waals surface area (Å²) in [6, 6.07) is -1.69. The van der Waals surface area contributed by atoms with Crippen LogP contribution in [0.25, 0.3) is 0 Å². The molecule has 0 radical (unpaired) electrons. The largest absolute Gasteiger partial charge is 0.394 e. The summed E-state index contributed by atoms with van der Waals surface area (Å²) in [6.07, 6.45) is -2.38. The van der Waals surface area contributed by atoms with Gasteiger partial charge in [-0.25, -0.2) is 4.79 Å². The first-order valence-corrected chi connectivity index (χ1v) is 6.55. The minimum absolute atomic E-state index is 0.0397. The third-order valence-corrected chi connectivity index (χ3v) is 3.11. The summed E-state index contributed by atoms with van der Waals surface area (Å²) < 4.78 is 10.3. The monoisotopic (exact) mass is 311 g/mol. The highest BCUT2D eigenvalue weighted by Gasteiger charge is 2.39. The number of aliphatic hydroxyl groups is 2. The maximum atomic E-state index is 11.8. The molecule has 10 heteroatoms. The Morgan fingerprint density at radius 2 is 2.35 bits per heavy atom. The molecule has 0 aromatic rings. The second kappa shape index (κ2) is 8.32. The smallest absolute Gasteiger partial charge is 0.340 e. The van der Waals surface area contributed by atoms with Crippen molar-refractivity contribution in [1.82, 2.24) is 10.3 Å². The molecule has 3 N–H and O–H groups in total. The Morgan fingerprint density at radius 1 is 1.65 bits per heavy atom. The van der Waals surface area contributed by atoms with Crippen LogP contribution in [0.3, 0.4) is 0 Å². The maximum absolute atomic E-state index is 11.8. The van der Waals surface area contributed by atoms with Crippen LogP contribution in [0, 0.1) is 4.91 Å². The number of carbonyl (C=O) groups excluding carboxylic acids is 1. The van der Waals surface area contributed by atoms with Crippen molar-refractivity contribution < 1.29 is 24.5 Å². The van der Waals surface area contributed by atoms with Crippen molar-refractivity contribution in [2.45, 2.75) is 31.0 Å². The van der Waals surface area contributed by atoms with E-state index in [9.17, 15) is 19.9 Å². The standard InChI is InChI=1S/C10H18ClN3O6/c1-19-8-4-6(16)9(7(5-15)20-8)12-10(17)14(13-18)3-2-11/h6-9,15-16H,2-5H2,1H3,(H,12,17)/t6-,7-,8+,9+/m1/s1. The normalized spacial score (nSPS) is 29.8. The number of nitrogens with one attached hydrogen (secondary N) is 1. The summed E-state index contributed by atoms with van der Waals surface area (Å²) in [5, 5.41) is 24.7. The van der Waals surface area contributed by atoms with E-state index in [4.69, 9.17) is 21.1 Å². The minimum Gasteiger partial charge on any atom is -0.394 e. The van der Waals surface area contributed by atoms with Crippen LogP contribution in [0.5, 0.6) is 0 Å². The Labute approximate surface area is 120 Å². The molecule has 1 fully saturated rings. The molecular weight excluding hydrogens is 294 g/mol. The molecule has 0 unspecified atom stereocenters. The van der Waals surface area contributed by atoms with Crippen LogP contribution in [0.15, 0.2) is 5.29 Å². The third-order valence-electron chi connectivity index (χ3n) is 2.94. The number of nitrogens with zero attached hydrogens (tertiary/aromatic N) is 2. The van der Waals surface area contributed by atoms with Crippen molar-refractivity contribution in [3.63, 3.8) is 0 Å². The topological polar surface area (TPSA) is 121 Å². The number of hydrogen-bond acceptors (Lipinski definition) is 7. The Morgan fingerprint density at radius 3 is 2.85 bits per heavy atom. The molecule has 0 aromatic carbocycles. The molecular formula is C10H18ClN3O6. The summed E-state index contributed by atoms with van der Waals surface area (Å²) in [7, 11) is 1.41. The molecule has 1 saturated heterocycles. The second-order valence-electron chi connectivity index (χ2n) is 4.19. The van der Waals surface area contributed by atoms with Gasteiger partial charge in [0.25, 0.3) is 0 Å². The fourth-order valence-electron chi connectivity index (χ4n) is 1.90. The lowest BCUT2D eigenvalue weighted by atomic mass is 9.99. The fourth-order valence-corrected chi connectivity index (χ4v) is 2.06. The number of hydrogen-bond donors (Lipinski definition) is 3. The van der Waals surface area contributed by atoms with E-state index in [-0.39, 0.29) is 18.8 Å². The number of urea groups is 1. The fraction of sp³-hybridized carbons (Fsp3) is 0.900. The van der Waals surface area contributed by atoms with Gasteiger partial charge in [-0.15, -0.1) is 16.5 Å². The molecule has 0 aliphatic carbocycles. The first kappa shape index (κ1) is 17.1. The third kappa shape index (κ3) is 4.25. The molecule has 20 heavy (non-hydrogen) atoms. The molecule has 116 valence electrons. The summed E-state index contributed by atoms with van der Waals surface area (Å²) >= 11 is 5.43. The Hall–Kier alpha value is -1.00. The number of ether oxygens (including phenoxy) is 2. The number of aliphatic hydroxyl groups excluding tert-OH is 2. The number of methoxy groups -OCH3 is 1. The Bertz CT molecular complexity index is 334. The van der Waals surface area contributed by atoms with Gasteiger partial charge in [-0.2, -0.15) is 5.01 Å². The molecule has 2 amide bonds. The van der Waals surface area contributed by atoms with E-state index < -0.39 is 37.2 Å². The van der Waals surface area contributed by atoms with Crippen molar-refractivity contribution >= 4 is 17.6 Å². The molecule has 9 nitrogen and oxygen atoms in total. The van der Waals surface area contributed by atoms with Crippen molar-refractivity contribution in [2.75, 3.05) is 26.1 Å². The average Bonchev–Trinajstić information content (AvgIpc) is 2.46. The van der Waals surface area contributed by atoms with Crippen molar-refractivity contribution in [3.05, 3.63) is 4.91 Å². The van der Waals surface area contributed by atoms with Crippen molar-refractivity contribution in [2.24, 2.45) is 5.29 Å². The second-order valence-corrected chi connectivity index (χ2v) is 4.57. The molecule has 1 rings (SSSR count). The van der Waals surface area contributed by atoms with Gasteiger partial charge in [0, 0.05) is 19.4 Å². The van der Waals surface area contributed by atoms with E-state index in [1.807, 2.05) is 0 Å². The van der Waals surface area contributed by atoms with Crippen LogP contribution in [0.4, 0.5) is 4.79 Å². The van der Waals surface area contributed by atoms with E-state index in [2.05, 4.69) is 10.6 Å². The van der Waals surface area contributed by atoms with Crippen LogP contribution in [0.2, 0.25) is 0 Å². The van der Waals surface area contributed by atoms with Gasteiger partial charge in [0.05, 0.1) is 30.6 Å². The first-order valence-electron chi connectivity index (χ1n) is 6.01. The van der Waals surface area contributed by atoms with E-state index in [0.29, 0.717) is 5.01 Å². The number of amides is 2. The molecule has 1 heterocycles. The van der Waals surface area contributed by atoms with Gasteiger partial charge in [0.15, 0.2) is 6.29 Å². The van der Waals surface area contributed by atoms with Crippen molar-refractivity contribution in [3.8, 4) is 0 Å². The summed E-state index contributed by atoms with van der Waals surface area (Å²) in [6.45, 7) is -0.489. The maximum Gasteiger partial charge on any atom is 0.340 e. The van der Waals surface area contributed by atoms with Crippen LogP contribution in [-0.4, -0.2) is 71.9 Å². The van der Waals surface area contributed by atoms with E-state index in [1.54, 1.807) is 0 Å². The average molecular weight is 312 g/mol. The summed E-state index contributed by atoms with van der Waals surface area (Å²) in [5.41, 5.74) is 0. The van der Waals surface area contributed by atoms with Crippen molar-refractivity contribution in [1.29, 1.82) is 0 Å². The number of alkyl halides is 1. The van der Waals surface area contributed by atoms with Crippen LogP contribution < -0.4 is 5.32 Å². The highest BCUT2D eigenvalue weighted by molar-refractivity contribution is 6.18. The van der Waals surface area contributed by atoms with Crippen LogP contribution in [0.1, 0.15) is 6.42 Å². The molecule has 0 bridgehead atoms.